The first kappa shape index (κ1) is 19.9. The topological polar surface area (TPSA) is 96.5 Å². The van der Waals surface area contributed by atoms with Gasteiger partial charge in [0.1, 0.15) is 6.04 Å². The molecule has 1 aliphatic rings. The van der Waals surface area contributed by atoms with Crippen LogP contribution in [-0.2, 0) is 19.6 Å². The van der Waals surface area contributed by atoms with Crippen molar-refractivity contribution in [1.29, 1.82) is 0 Å². The number of rotatable bonds is 6. The van der Waals surface area contributed by atoms with Crippen molar-refractivity contribution in [2.75, 3.05) is 32.8 Å². The number of hydrogen-bond acceptors (Lipinski definition) is 5. The standard InChI is InChI=1S/C14H21N3O4S.ClH/c1-11-2-4-12(5-3-11)22(19,20)17-7-6-16-14(18)13-10-21-9-8-15-13;/h2-5,13,15,17H,6-10H2,1H3,(H,16,18);1H. The minimum absolute atomic E-state index is 0. The van der Waals surface area contributed by atoms with Crippen LogP contribution in [0.4, 0.5) is 0 Å². The Labute approximate surface area is 142 Å². The largest absolute Gasteiger partial charge is 0.378 e. The second kappa shape index (κ2) is 9.19. The molecule has 0 spiro atoms. The summed E-state index contributed by atoms with van der Waals surface area (Å²) in [7, 11) is -3.54. The fourth-order valence-electron chi connectivity index (χ4n) is 2.03. The Hall–Kier alpha value is -1.19. The third kappa shape index (κ3) is 6.08. The van der Waals surface area contributed by atoms with Crippen molar-refractivity contribution in [2.24, 2.45) is 0 Å². The normalized spacial score (nSPS) is 18.0. The van der Waals surface area contributed by atoms with Crippen LogP contribution in [-0.4, -0.2) is 53.2 Å². The number of benzene rings is 1. The zero-order chi connectivity index (χ0) is 16.0. The van der Waals surface area contributed by atoms with Crippen LogP contribution < -0.4 is 15.4 Å². The van der Waals surface area contributed by atoms with Gasteiger partial charge in [-0.2, -0.15) is 0 Å². The number of carbonyl (C=O) groups is 1. The predicted molar refractivity (Wildman–Crippen MR) is 89.2 cm³/mol. The van der Waals surface area contributed by atoms with E-state index in [1.54, 1.807) is 24.3 Å². The molecule has 0 aromatic heterocycles. The van der Waals surface area contributed by atoms with E-state index in [1.807, 2.05) is 6.92 Å². The van der Waals surface area contributed by atoms with Crippen LogP contribution in [0, 0.1) is 6.92 Å². The summed E-state index contributed by atoms with van der Waals surface area (Å²) in [4.78, 5) is 12.0. The third-order valence-electron chi connectivity index (χ3n) is 3.29. The zero-order valence-electron chi connectivity index (χ0n) is 12.9. The maximum Gasteiger partial charge on any atom is 0.240 e. The lowest BCUT2D eigenvalue weighted by Gasteiger charge is -2.22. The summed E-state index contributed by atoms with van der Waals surface area (Å²) in [6, 6.07) is 6.22. The molecule has 130 valence electrons. The maximum absolute atomic E-state index is 12.0. The molecule has 0 saturated carbocycles. The molecule has 1 fully saturated rings. The van der Waals surface area contributed by atoms with Gasteiger partial charge in [0.15, 0.2) is 0 Å². The van der Waals surface area contributed by atoms with Crippen LogP contribution in [0.1, 0.15) is 5.56 Å². The van der Waals surface area contributed by atoms with Crippen molar-refractivity contribution in [3.63, 3.8) is 0 Å². The highest BCUT2D eigenvalue weighted by Gasteiger charge is 2.20. The van der Waals surface area contributed by atoms with Gasteiger partial charge in [0.2, 0.25) is 15.9 Å². The Kier molecular flexibility index (Phi) is 7.93. The Morgan fingerprint density at radius 2 is 2.00 bits per heavy atom. The summed E-state index contributed by atoms with van der Waals surface area (Å²) in [6.45, 7) is 3.82. The molecule has 7 nitrogen and oxygen atoms in total. The third-order valence-corrected chi connectivity index (χ3v) is 4.76. The van der Waals surface area contributed by atoms with Crippen molar-refractivity contribution in [3.05, 3.63) is 29.8 Å². The van der Waals surface area contributed by atoms with Gasteiger partial charge in [0, 0.05) is 19.6 Å². The molecule has 1 heterocycles. The van der Waals surface area contributed by atoms with Crippen LogP contribution in [0.3, 0.4) is 0 Å². The molecule has 0 radical (unpaired) electrons. The molecule has 0 bridgehead atoms. The van der Waals surface area contributed by atoms with Crippen molar-refractivity contribution in [2.45, 2.75) is 17.9 Å². The lowest BCUT2D eigenvalue weighted by molar-refractivity contribution is -0.125. The Balaban J connectivity index is 0.00000264. The molecule has 23 heavy (non-hydrogen) atoms. The smallest absolute Gasteiger partial charge is 0.240 e. The fraction of sp³-hybridized carbons (Fsp3) is 0.500. The molecule has 3 N–H and O–H groups in total. The first-order chi connectivity index (χ1) is 10.5. The lowest BCUT2D eigenvalue weighted by Crippen LogP contribution is -2.52. The van der Waals surface area contributed by atoms with Gasteiger partial charge in [-0.25, -0.2) is 13.1 Å². The van der Waals surface area contributed by atoms with Gasteiger partial charge in [-0.3, -0.25) is 4.79 Å². The van der Waals surface area contributed by atoms with E-state index in [9.17, 15) is 13.2 Å². The maximum atomic E-state index is 12.0. The van der Waals surface area contributed by atoms with E-state index in [0.29, 0.717) is 19.8 Å². The highest BCUT2D eigenvalue weighted by atomic mass is 35.5. The predicted octanol–water partition coefficient (Wildman–Crippen LogP) is -0.200. The number of halogens is 1. The molecule has 1 amide bonds. The summed E-state index contributed by atoms with van der Waals surface area (Å²) in [5, 5.41) is 5.71. The SMILES string of the molecule is Cc1ccc(S(=O)(=O)NCCNC(=O)C2COCCN2)cc1.Cl. The molecule has 9 heteroatoms. The first-order valence-electron chi connectivity index (χ1n) is 7.14. The van der Waals surface area contributed by atoms with Gasteiger partial charge in [0.25, 0.3) is 0 Å². The van der Waals surface area contributed by atoms with E-state index in [-0.39, 0.29) is 42.3 Å². The average molecular weight is 364 g/mol. The van der Waals surface area contributed by atoms with E-state index in [4.69, 9.17) is 4.74 Å². The summed E-state index contributed by atoms with van der Waals surface area (Å²) < 4.78 is 31.7. The summed E-state index contributed by atoms with van der Waals surface area (Å²) in [6.07, 6.45) is 0. The molecule has 1 saturated heterocycles. The van der Waals surface area contributed by atoms with Crippen molar-refractivity contribution in [1.82, 2.24) is 15.4 Å². The van der Waals surface area contributed by atoms with E-state index < -0.39 is 10.0 Å². The van der Waals surface area contributed by atoms with Gasteiger partial charge >= 0.3 is 0 Å². The Bertz CT molecular complexity index is 601. The number of nitrogens with one attached hydrogen (secondary N) is 3. The van der Waals surface area contributed by atoms with Gasteiger partial charge in [-0.05, 0) is 19.1 Å². The summed E-state index contributed by atoms with van der Waals surface area (Å²) in [5.74, 6) is -0.186. The molecular weight excluding hydrogens is 342 g/mol. The molecule has 1 aliphatic heterocycles. The minimum Gasteiger partial charge on any atom is -0.378 e. The van der Waals surface area contributed by atoms with Crippen LogP contribution >= 0.6 is 12.4 Å². The van der Waals surface area contributed by atoms with Gasteiger partial charge < -0.3 is 15.4 Å². The fourth-order valence-corrected chi connectivity index (χ4v) is 3.06. The first-order valence-corrected chi connectivity index (χ1v) is 8.62. The van der Waals surface area contributed by atoms with E-state index >= 15 is 0 Å². The second-order valence-electron chi connectivity index (χ2n) is 5.08. The molecule has 1 aromatic rings. The highest BCUT2D eigenvalue weighted by Crippen LogP contribution is 2.09. The number of sulfonamides is 1. The Morgan fingerprint density at radius 3 is 2.61 bits per heavy atom. The van der Waals surface area contributed by atoms with E-state index in [1.165, 1.54) is 0 Å². The lowest BCUT2D eigenvalue weighted by atomic mass is 10.2. The number of amides is 1. The summed E-state index contributed by atoms with van der Waals surface area (Å²) in [5.41, 5.74) is 0.994. The highest BCUT2D eigenvalue weighted by molar-refractivity contribution is 7.89. The monoisotopic (exact) mass is 363 g/mol. The second-order valence-corrected chi connectivity index (χ2v) is 6.85. The van der Waals surface area contributed by atoms with Crippen LogP contribution in [0.25, 0.3) is 0 Å². The minimum atomic E-state index is -3.54. The number of morpholine rings is 1. The van der Waals surface area contributed by atoms with Crippen molar-refractivity contribution < 1.29 is 17.9 Å². The van der Waals surface area contributed by atoms with Gasteiger partial charge in [-0.1, -0.05) is 17.7 Å². The molecule has 1 unspecified atom stereocenters. The molecular formula is C14H22ClN3O4S. The van der Waals surface area contributed by atoms with Crippen molar-refractivity contribution in [3.8, 4) is 0 Å². The molecule has 1 aromatic carbocycles. The van der Waals surface area contributed by atoms with Gasteiger partial charge in [0.05, 0.1) is 18.1 Å². The number of carbonyl (C=O) groups excluding carboxylic acids is 1. The van der Waals surface area contributed by atoms with Crippen LogP contribution in [0.15, 0.2) is 29.2 Å². The Morgan fingerprint density at radius 1 is 1.30 bits per heavy atom. The molecule has 1 atom stereocenters. The molecule has 0 aliphatic carbocycles. The summed E-state index contributed by atoms with van der Waals surface area (Å²) >= 11 is 0. The van der Waals surface area contributed by atoms with Gasteiger partial charge in [-0.15, -0.1) is 12.4 Å². The quantitative estimate of drug-likeness (QED) is 0.608. The number of hydrogen-bond donors (Lipinski definition) is 3. The van der Waals surface area contributed by atoms with Crippen LogP contribution in [0.2, 0.25) is 0 Å². The average Bonchev–Trinajstić information content (AvgIpc) is 2.52. The van der Waals surface area contributed by atoms with Crippen LogP contribution in [0.5, 0.6) is 0 Å². The zero-order valence-corrected chi connectivity index (χ0v) is 14.5. The van der Waals surface area contributed by atoms with E-state index in [0.717, 1.165) is 5.56 Å². The number of aryl methyl sites for hydroxylation is 1. The van der Waals surface area contributed by atoms with E-state index in [2.05, 4.69) is 15.4 Å². The van der Waals surface area contributed by atoms with Crippen molar-refractivity contribution >= 4 is 28.3 Å². The number of ether oxygens (including phenoxy) is 1. The molecule has 2 rings (SSSR count).